The molecule has 0 aliphatic heterocycles. The Balaban J connectivity index is 2.27. The van der Waals surface area contributed by atoms with Crippen LogP contribution in [-0.4, -0.2) is 24.7 Å². The molecule has 0 aliphatic carbocycles. The van der Waals surface area contributed by atoms with E-state index in [1.807, 2.05) is 12.1 Å². The zero-order valence-electron chi connectivity index (χ0n) is 11.3. The first kappa shape index (κ1) is 14.8. The van der Waals surface area contributed by atoms with E-state index in [4.69, 9.17) is 10.5 Å². The maximum atomic E-state index is 5.64. The second kappa shape index (κ2) is 9.71. The van der Waals surface area contributed by atoms with Crippen LogP contribution in [0.1, 0.15) is 39.0 Å². The van der Waals surface area contributed by atoms with Gasteiger partial charge in [0.25, 0.3) is 0 Å². The second-order valence-electron chi connectivity index (χ2n) is 4.33. The average Bonchev–Trinajstić information content (AvgIpc) is 2.41. The molecule has 0 atom stereocenters. The molecule has 0 saturated carbocycles. The third-order valence-electron chi connectivity index (χ3n) is 2.66. The number of pyridine rings is 1. The lowest BCUT2D eigenvalue weighted by molar-refractivity contribution is 0.318. The normalized spacial score (nSPS) is 10.3. The number of nitrogens with one attached hydrogen (secondary N) is 1. The Kier molecular flexibility index (Phi) is 7.97. The van der Waals surface area contributed by atoms with Gasteiger partial charge in [0.1, 0.15) is 0 Å². The van der Waals surface area contributed by atoms with Gasteiger partial charge in [-0.1, -0.05) is 19.8 Å². The third kappa shape index (κ3) is 5.87. The number of rotatable bonds is 10. The molecule has 1 rings (SSSR count). The number of nitrogens with zero attached hydrogens (tertiary/aromatic N) is 1. The van der Waals surface area contributed by atoms with Crippen molar-refractivity contribution in [3.63, 3.8) is 0 Å². The van der Waals surface area contributed by atoms with Crippen LogP contribution in [-0.2, 0) is 0 Å². The quantitative estimate of drug-likeness (QED) is 0.628. The van der Waals surface area contributed by atoms with Gasteiger partial charge in [-0.25, -0.2) is 4.98 Å². The highest BCUT2D eigenvalue weighted by Gasteiger charge is 2.02. The lowest BCUT2D eigenvalue weighted by Crippen LogP contribution is -2.06. The summed E-state index contributed by atoms with van der Waals surface area (Å²) in [4.78, 5) is 4.31. The van der Waals surface area contributed by atoms with Gasteiger partial charge in [-0.05, 0) is 37.9 Å². The molecule has 1 aromatic heterocycles. The number of nitrogens with two attached hydrogens (primary N) is 1. The summed E-state index contributed by atoms with van der Waals surface area (Å²) in [5.74, 6) is 1.70. The number of anilines is 1. The molecule has 18 heavy (non-hydrogen) atoms. The summed E-state index contributed by atoms with van der Waals surface area (Å²) in [7, 11) is 0. The smallest absolute Gasteiger partial charge is 0.168 e. The van der Waals surface area contributed by atoms with Crippen molar-refractivity contribution < 1.29 is 4.74 Å². The molecule has 102 valence electrons. The molecule has 0 amide bonds. The zero-order valence-corrected chi connectivity index (χ0v) is 11.3. The summed E-state index contributed by atoms with van der Waals surface area (Å²) < 4.78 is 5.64. The van der Waals surface area contributed by atoms with Crippen LogP contribution in [0.5, 0.6) is 5.75 Å². The number of ether oxygens (including phenoxy) is 1. The zero-order chi connectivity index (χ0) is 13.1. The van der Waals surface area contributed by atoms with Gasteiger partial charge >= 0.3 is 0 Å². The van der Waals surface area contributed by atoms with E-state index >= 15 is 0 Å². The summed E-state index contributed by atoms with van der Waals surface area (Å²) in [6, 6.07) is 3.86. The molecule has 0 bridgehead atoms. The van der Waals surface area contributed by atoms with Gasteiger partial charge in [0.15, 0.2) is 11.6 Å². The lowest BCUT2D eigenvalue weighted by atomic mass is 10.2. The van der Waals surface area contributed by atoms with Gasteiger partial charge in [-0.15, -0.1) is 0 Å². The van der Waals surface area contributed by atoms with Gasteiger partial charge in [0, 0.05) is 12.7 Å². The Morgan fingerprint density at radius 3 is 2.89 bits per heavy atom. The van der Waals surface area contributed by atoms with E-state index in [0.29, 0.717) is 0 Å². The van der Waals surface area contributed by atoms with Crippen molar-refractivity contribution in [2.75, 3.05) is 25.0 Å². The number of hydrogen-bond donors (Lipinski definition) is 2. The highest BCUT2D eigenvalue weighted by atomic mass is 16.5. The molecular formula is C14H25N3O. The molecule has 0 aliphatic rings. The monoisotopic (exact) mass is 251 g/mol. The molecule has 0 unspecified atom stereocenters. The number of aromatic nitrogens is 1. The predicted molar refractivity (Wildman–Crippen MR) is 76.0 cm³/mol. The maximum absolute atomic E-state index is 5.64. The lowest BCUT2D eigenvalue weighted by Gasteiger charge is -2.11. The molecule has 0 radical (unpaired) electrons. The van der Waals surface area contributed by atoms with Crippen molar-refractivity contribution in [2.24, 2.45) is 5.73 Å². The van der Waals surface area contributed by atoms with Crippen LogP contribution in [0.25, 0.3) is 0 Å². The molecule has 4 heteroatoms. The Bertz CT molecular complexity index is 318. The maximum Gasteiger partial charge on any atom is 0.168 e. The topological polar surface area (TPSA) is 60.2 Å². The van der Waals surface area contributed by atoms with Crippen LogP contribution in [0.4, 0.5) is 5.82 Å². The fraction of sp³-hybridized carbons (Fsp3) is 0.643. The van der Waals surface area contributed by atoms with Crippen molar-refractivity contribution >= 4 is 5.82 Å². The van der Waals surface area contributed by atoms with E-state index in [2.05, 4.69) is 17.2 Å². The summed E-state index contributed by atoms with van der Waals surface area (Å²) in [6.45, 7) is 4.56. The number of unbranched alkanes of at least 4 members (excludes halogenated alkanes) is 3. The van der Waals surface area contributed by atoms with Crippen LogP contribution in [0.3, 0.4) is 0 Å². The first-order valence-electron chi connectivity index (χ1n) is 6.90. The molecule has 0 aromatic carbocycles. The van der Waals surface area contributed by atoms with Gasteiger partial charge in [-0.3, -0.25) is 0 Å². The minimum absolute atomic E-state index is 0.733. The summed E-state index contributed by atoms with van der Waals surface area (Å²) >= 11 is 0. The first-order valence-corrected chi connectivity index (χ1v) is 6.90. The van der Waals surface area contributed by atoms with E-state index in [1.165, 1.54) is 12.8 Å². The third-order valence-corrected chi connectivity index (χ3v) is 2.66. The van der Waals surface area contributed by atoms with Crippen molar-refractivity contribution in [2.45, 2.75) is 39.0 Å². The van der Waals surface area contributed by atoms with Gasteiger partial charge < -0.3 is 15.8 Å². The van der Waals surface area contributed by atoms with E-state index in [-0.39, 0.29) is 0 Å². The Hall–Kier alpha value is -1.29. The van der Waals surface area contributed by atoms with Crippen LogP contribution in [0.15, 0.2) is 18.3 Å². The average molecular weight is 251 g/mol. The minimum atomic E-state index is 0.733. The molecule has 3 N–H and O–H groups in total. The Labute approximate surface area is 110 Å². The summed E-state index contributed by atoms with van der Waals surface area (Å²) in [5, 5.41) is 3.33. The second-order valence-corrected chi connectivity index (χ2v) is 4.33. The highest BCUT2D eigenvalue weighted by Crippen LogP contribution is 2.20. The van der Waals surface area contributed by atoms with Crippen LogP contribution in [0.2, 0.25) is 0 Å². The molecule has 0 fully saturated rings. The Morgan fingerprint density at radius 1 is 1.28 bits per heavy atom. The highest BCUT2D eigenvalue weighted by molar-refractivity contribution is 5.49. The van der Waals surface area contributed by atoms with E-state index in [1.54, 1.807) is 6.20 Å². The van der Waals surface area contributed by atoms with E-state index in [0.717, 1.165) is 50.5 Å². The van der Waals surface area contributed by atoms with E-state index in [9.17, 15) is 0 Å². The van der Waals surface area contributed by atoms with Crippen molar-refractivity contribution in [3.8, 4) is 5.75 Å². The Morgan fingerprint density at radius 2 is 2.11 bits per heavy atom. The summed E-state index contributed by atoms with van der Waals surface area (Å²) in [5.41, 5.74) is 5.46. The predicted octanol–water partition coefficient (Wildman–Crippen LogP) is 2.80. The summed E-state index contributed by atoms with van der Waals surface area (Å²) in [6.07, 6.45) is 7.48. The number of hydrogen-bond acceptors (Lipinski definition) is 4. The molecule has 0 saturated heterocycles. The van der Waals surface area contributed by atoms with Crippen LogP contribution >= 0.6 is 0 Å². The molecule has 0 spiro atoms. The van der Waals surface area contributed by atoms with Crippen molar-refractivity contribution in [3.05, 3.63) is 18.3 Å². The van der Waals surface area contributed by atoms with Gasteiger partial charge in [0.05, 0.1) is 6.61 Å². The largest absolute Gasteiger partial charge is 0.490 e. The van der Waals surface area contributed by atoms with Crippen molar-refractivity contribution in [1.82, 2.24) is 4.98 Å². The first-order chi connectivity index (χ1) is 8.88. The molecule has 1 heterocycles. The molecular weight excluding hydrogens is 226 g/mol. The fourth-order valence-corrected chi connectivity index (χ4v) is 1.68. The van der Waals surface area contributed by atoms with Gasteiger partial charge in [-0.2, -0.15) is 0 Å². The molecule has 1 aromatic rings. The SMILES string of the molecule is CCCOc1cccnc1NCCCCCCN. The fourth-order valence-electron chi connectivity index (χ4n) is 1.68. The minimum Gasteiger partial charge on any atom is -0.490 e. The van der Waals surface area contributed by atoms with Gasteiger partial charge in [0.2, 0.25) is 0 Å². The van der Waals surface area contributed by atoms with E-state index < -0.39 is 0 Å². The standard InChI is InChI=1S/C14H25N3O/c1-2-12-18-13-8-7-11-17-14(13)16-10-6-4-3-5-9-15/h7-8,11H,2-6,9-10,12,15H2,1H3,(H,16,17). The molecule has 4 nitrogen and oxygen atoms in total. The van der Waals surface area contributed by atoms with Crippen molar-refractivity contribution in [1.29, 1.82) is 0 Å². The van der Waals surface area contributed by atoms with Crippen LogP contribution in [0, 0.1) is 0 Å². The van der Waals surface area contributed by atoms with Crippen LogP contribution < -0.4 is 15.8 Å².